The van der Waals surface area contributed by atoms with E-state index in [2.05, 4.69) is 17.1 Å². The van der Waals surface area contributed by atoms with Gasteiger partial charge in [0.25, 0.3) is 0 Å². The average molecular weight is 398 g/mol. The van der Waals surface area contributed by atoms with Gasteiger partial charge in [0, 0.05) is 38.4 Å². The van der Waals surface area contributed by atoms with Crippen molar-refractivity contribution in [3.63, 3.8) is 0 Å². The number of carbonyl (C=O) groups is 2. The van der Waals surface area contributed by atoms with Crippen molar-refractivity contribution in [1.82, 2.24) is 10.2 Å². The zero-order valence-electron chi connectivity index (χ0n) is 17.4. The van der Waals surface area contributed by atoms with Crippen molar-refractivity contribution in [2.45, 2.75) is 45.6 Å². The Labute approximate surface area is 173 Å². The quantitative estimate of drug-likeness (QED) is 0.719. The summed E-state index contributed by atoms with van der Waals surface area (Å²) >= 11 is 0. The Kier molecular flexibility index (Phi) is 6.72. The van der Waals surface area contributed by atoms with Gasteiger partial charge in [-0.05, 0) is 18.4 Å². The van der Waals surface area contributed by atoms with Crippen molar-refractivity contribution in [2.75, 3.05) is 19.6 Å². The number of likely N-dealkylation sites (tertiary alicyclic amines) is 1. The maximum absolute atomic E-state index is 13.1. The summed E-state index contributed by atoms with van der Waals surface area (Å²) in [7, 11) is 0. The molecule has 0 spiro atoms. The number of piperidine rings is 1. The number of benzene rings is 1. The summed E-state index contributed by atoms with van der Waals surface area (Å²) in [4.78, 5) is 33.0. The van der Waals surface area contributed by atoms with Gasteiger partial charge in [0.15, 0.2) is 0 Å². The highest BCUT2D eigenvalue weighted by Crippen LogP contribution is 2.39. The average Bonchev–Trinajstić information content (AvgIpc) is 3.20. The predicted octanol–water partition coefficient (Wildman–Crippen LogP) is 3.14. The van der Waals surface area contributed by atoms with Crippen molar-refractivity contribution in [2.24, 2.45) is 16.5 Å². The molecule has 2 amide bonds. The van der Waals surface area contributed by atoms with E-state index in [1.165, 1.54) is 0 Å². The molecule has 2 aliphatic heterocycles. The summed E-state index contributed by atoms with van der Waals surface area (Å²) in [5.41, 5.74) is 1.42. The standard InChI is InChI=1S/C23H31N3O3/c1-4-12-24-22(28)23(10-13-26(14-11-23)21(27)17(2)3)16-19-15-20(25-29-19)18-8-6-5-7-9-18/h4-9,17,19H,1,10-16H2,2-3H3,(H,24,28). The van der Waals surface area contributed by atoms with Crippen LogP contribution in [0, 0.1) is 11.3 Å². The van der Waals surface area contributed by atoms with Crippen molar-refractivity contribution in [3.8, 4) is 0 Å². The van der Waals surface area contributed by atoms with Gasteiger partial charge in [0.2, 0.25) is 11.8 Å². The number of hydrogen-bond acceptors (Lipinski definition) is 4. The van der Waals surface area contributed by atoms with Crippen LogP contribution in [0.15, 0.2) is 48.1 Å². The van der Waals surface area contributed by atoms with Gasteiger partial charge in [0.05, 0.1) is 11.1 Å². The van der Waals surface area contributed by atoms with Gasteiger partial charge in [-0.15, -0.1) is 6.58 Å². The molecule has 156 valence electrons. The zero-order chi connectivity index (χ0) is 20.9. The molecule has 1 aromatic carbocycles. The zero-order valence-corrected chi connectivity index (χ0v) is 17.4. The van der Waals surface area contributed by atoms with E-state index in [0.29, 0.717) is 45.3 Å². The summed E-state index contributed by atoms with van der Waals surface area (Å²) in [6, 6.07) is 9.98. The fourth-order valence-electron chi connectivity index (χ4n) is 4.17. The van der Waals surface area contributed by atoms with Gasteiger partial charge in [-0.2, -0.15) is 0 Å². The molecule has 0 saturated carbocycles. The van der Waals surface area contributed by atoms with Crippen LogP contribution < -0.4 is 5.32 Å². The third kappa shape index (κ3) is 4.86. The van der Waals surface area contributed by atoms with Crippen LogP contribution in [0.3, 0.4) is 0 Å². The Hall–Kier alpha value is -2.63. The lowest BCUT2D eigenvalue weighted by Gasteiger charge is -2.42. The molecule has 0 bridgehead atoms. The molecule has 1 aromatic rings. The van der Waals surface area contributed by atoms with Gasteiger partial charge in [-0.25, -0.2) is 0 Å². The van der Waals surface area contributed by atoms with E-state index < -0.39 is 5.41 Å². The molecular weight excluding hydrogens is 366 g/mol. The number of nitrogens with one attached hydrogen (secondary N) is 1. The Balaban J connectivity index is 1.68. The van der Waals surface area contributed by atoms with Crippen LogP contribution in [-0.2, 0) is 14.4 Å². The number of oxime groups is 1. The van der Waals surface area contributed by atoms with Crippen molar-refractivity contribution in [3.05, 3.63) is 48.6 Å². The first-order valence-corrected chi connectivity index (χ1v) is 10.4. The monoisotopic (exact) mass is 397 g/mol. The fraction of sp³-hybridized carbons (Fsp3) is 0.522. The summed E-state index contributed by atoms with van der Waals surface area (Å²) in [6.07, 6.45) is 4.11. The second-order valence-electron chi connectivity index (χ2n) is 8.30. The normalized spacial score (nSPS) is 20.7. The molecular formula is C23H31N3O3. The molecule has 2 heterocycles. The number of nitrogens with zero attached hydrogens (tertiary/aromatic N) is 2. The number of hydrogen-bond donors (Lipinski definition) is 1. The Morgan fingerprint density at radius 1 is 1.31 bits per heavy atom. The molecule has 1 atom stereocenters. The van der Waals surface area contributed by atoms with Gasteiger partial charge in [-0.1, -0.05) is 55.4 Å². The Bertz CT molecular complexity index is 765. The second-order valence-corrected chi connectivity index (χ2v) is 8.30. The lowest BCUT2D eigenvalue weighted by atomic mass is 9.72. The summed E-state index contributed by atoms with van der Waals surface area (Å²) in [5.74, 6) is 0.139. The summed E-state index contributed by atoms with van der Waals surface area (Å²) in [5, 5.41) is 7.25. The number of rotatable bonds is 7. The fourth-order valence-corrected chi connectivity index (χ4v) is 4.17. The molecule has 0 radical (unpaired) electrons. The van der Waals surface area contributed by atoms with Gasteiger partial charge in [-0.3, -0.25) is 9.59 Å². The molecule has 2 aliphatic rings. The van der Waals surface area contributed by atoms with Crippen LogP contribution in [0.2, 0.25) is 0 Å². The van der Waals surface area contributed by atoms with Gasteiger partial charge >= 0.3 is 0 Å². The maximum Gasteiger partial charge on any atom is 0.226 e. The Morgan fingerprint density at radius 2 is 2.00 bits per heavy atom. The predicted molar refractivity (Wildman–Crippen MR) is 113 cm³/mol. The third-order valence-corrected chi connectivity index (χ3v) is 5.87. The molecule has 29 heavy (non-hydrogen) atoms. The molecule has 0 aliphatic carbocycles. The van der Waals surface area contributed by atoms with Gasteiger partial charge < -0.3 is 15.1 Å². The van der Waals surface area contributed by atoms with E-state index in [-0.39, 0.29) is 23.8 Å². The third-order valence-electron chi connectivity index (χ3n) is 5.87. The number of amides is 2. The number of carbonyl (C=O) groups excluding carboxylic acids is 2. The van der Waals surface area contributed by atoms with E-state index in [0.717, 1.165) is 11.3 Å². The first-order chi connectivity index (χ1) is 13.9. The van der Waals surface area contributed by atoms with Crippen molar-refractivity contribution >= 4 is 17.5 Å². The molecule has 0 aromatic heterocycles. The highest BCUT2D eigenvalue weighted by molar-refractivity contribution is 6.01. The molecule has 6 nitrogen and oxygen atoms in total. The molecule has 1 N–H and O–H groups in total. The van der Waals surface area contributed by atoms with Crippen molar-refractivity contribution < 1.29 is 14.4 Å². The van der Waals surface area contributed by atoms with E-state index in [1.54, 1.807) is 6.08 Å². The first-order valence-electron chi connectivity index (χ1n) is 10.4. The van der Waals surface area contributed by atoms with Crippen LogP contribution in [0.5, 0.6) is 0 Å². The van der Waals surface area contributed by atoms with E-state index >= 15 is 0 Å². The van der Waals surface area contributed by atoms with E-state index in [1.807, 2.05) is 49.1 Å². The van der Waals surface area contributed by atoms with Crippen LogP contribution in [0.1, 0.15) is 45.1 Å². The van der Waals surface area contributed by atoms with E-state index in [9.17, 15) is 9.59 Å². The minimum absolute atomic E-state index is 0.0193. The summed E-state index contributed by atoms with van der Waals surface area (Å²) in [6.45, 7) is 9.14. The van der Waals surface area contributed by atoms with Gasteiger partial charge in [0.1, 0.15) is 6.10 Å². The largest absolute Gasteiger partial charge is 0.392 e. The minimum atomic E-state index is -0.552. The maximum atomic E-state index is 13.1. The second kappa shape index (κ2) is 9.25. The molecule has 1 unspecified atom stereocenters. The van der Waals surface area contributed by atoms with Crippen LogP contribution in [0.4, 0.5) is 0 Å². The molecule has 6 heteroatoms. The highest BCUT2D eigenvalue weighted by atomic mass is 16.6. The molecule has 3 rings (SSSR count). The summed E-state index contributed by atoms with van der Waals surface area (Å²) < 4.78 is 0. The van der Waals surface area contributed by atoms with Crippen LogP contribution in [-0.4, -0.2) is 48.2 Å². The SMILES string of the molecule is C=CCNC(=O)C1(CC2CC(c3ccccc3)=NO2)CCN(C(=O)C(C)C)CC1. The topological polar surface area (TPSA) is 71.0 Å². The lowest BCUT2D eigenvalue weighted by molar-refractivity contribution is -0.144. The van der Waals surface area contributed by atoms with Crippen LogP contribution in [0.25, 0.3) is 0 Å². The van der Waals surface area contributed by atoms with Crippen molar-refractivity contribution in [1.29, 1.82) is 0 Å². The Morgan fingerprint density at radius 3 is 2.62 bits per heavy atom. The van der Waals surface area contributed by atoms with E-state index in [4.69, 9.17) is 4.84 Å². The smallest absolute Gasteiger partial charge is 0.226 e. The first kappa shape index (κ1) is 21.1. The highest BCUT2D eigenvalue weighted by Gasteiger charge is 2.45. The van der Waals surface area contributed by atoms with Crippen LogP contribution >= 0.6 is 0 Å². The molecule has 1 saturated heterocycles. The minimum Gasteiger partial charge on any atom is -0.392 e. The lowest BCUT2D eigenvalue weighted by Crippen LogP contribution is -2.52. The molecule has 1 fully saturated rings.